The fourth-order valence-corrected chi connectivity index (χ4v) is 4.45. The number of piperazine rings is 1. The Hall–Kier alpha value is -3.28. The normalized spacial score (nSPS) is 17.3. The van der Waals surface area contributed by atoms with Gasteiger partial charge in [0.05, 0.1) is 7.11 Å². The third kappa shape index (κ3) is 2.95. The molecule has 0 saturated carbocycles. The summed E-state index contributed by atoms with van der Waals surface area (Å²) >= 11 is 0. The minimum atomic E-state index is 0.369. The van der Waals surface area contributed by atoms with Crippen molar-refractivity contribution in [1.29, 1.82) is 0 Å². The molecule has 1 fully saturated rings. The van der Waals surface area contributed by atoms with Gasteiger partial charge in [-0.25, -0.2) is 9.97 Å². The minimum absolute atomic E-state index is 0.369. The molecule has 0 radical (unpaired) electrons. The van der Waals surface area contributed by atoms with Crippen LogP contribution in [-0.4, -0.2) is 47.7 Å². The van der Waals surface area contributed by atoms with Crippen molar-refractivity contribution in [2.45, 2.75) is 19.9 Å². The van der Waals surface area contributed by atoms with Crippen LogP contribution in [0.3, 0.4) is 0 Å². The summed E-state index contributed by atoms with van der Waals surface area (Å²) < 4.78 is 5.29. The summed E-state index contributed by atoms with van der Waals surface area (Å²) in [5, 5.41) is 1.19. The maximum absolute atomic E-state index is 5.29. The number of aryl methyl sites for hydroxylation is 1. The van der Waals surface area contributed by atoms with Gasteiger partial charge in [0, 0.05) is 42.3 Å². The Kier molecular flexibility index (Phi) is 4.27. The van der Waals surface area contributed by atoms with Crippen molar-refractivity contribution < 1.29 is 4.74 Å². The van der Waals surface area contributed by atoms with Crippen LogP contribution in [0.25, 0.3) is 21.9 Å². The number of hydrogen-bond donors (Lipinski definition) is 1. The number of H-pyrrole nitrogens is 1. The zero-order chi connectivity index (χ0) is 20.0. The maximum Gasteiger partial charge on any atom is 0.156 e. The van der Waals surface area contributed by atoms with E-state index in [1.165, 1.54) is 16.6 Å². The number of fused-ring (bicyclic) bond motifs is 3. The van der Waals surface area contributed by atoms with E-state index in [0.29, 0.717) is 6.04 Å². The van der Waals surface area contributed by atoms with E-state index >= 15 is 0 Å². The van der Waals surface area contributed by atoms with Gasteiger partial charge in [-0.2, -0.15) is 0 Å². The van der Waals surface area contributed by atoms with E-state index in [-0.39, 0.29) is 0 Å². The smallest absolute Gasteiger partial charge is 0.156 e. The number of anilines is 2. The van der Waals surface area contributed by atoms with Crippen LogP contribution in [0.5, 0.6) is 5.75 Å². The lowest BCUT2D eigenvalue weighted by molar-refractivity contribution is 0.414. The van der Waals surface area contributed by atoms with Gasteiger partial charge in [-0.1, -0.05) is 12.1 Å². The van der Waals surface area contributed by atoms with Crippen LogP contribution in [0.4, 0.5) is 11.5 Å². The highest BCUT2D eigenvalue weighted by Gasteiger charge is 2.26. The number of nitrogens with zero attached hydrogens (tertiary/aromatic N) is 4. The van der Waals surface area contributed by atoms with Crippen molar-refractivity contribution in [3.63, 3.8) is 0 Å². The van der Waals surface area contributed by atoms with Crippen LogP contribution in [0.15, 0.2) is 48.8 Å². The lowest BCUT2D eigenvalue weighted by Gasteiger charge is -2.41. The first-order valence-electron chi connectivity index (χ1n) is 10.0. The summed E-state index contributed by atoms with van der Waals surface area (Å²) in [6.07, 6.45) is 1.69. The Labute approximate surface area is 170 Å². The molecule has 0 spiro atoms. The molecular formula is C23H25N5O. The van der Waals surface area contributed by atoms with Crippen molar-refractivity contribution in [3.05, 3.63) is 54.4 Å². The Balaban J connectivity index is 1.46. The average molecular weight is 387 g/mol. The molecule has 0 amide bonds. The molecule has 1 atom stereocenters. The molecule has 0 bridgehead atoms. The molecule has 1 N–H and O–H groups in total. The fourth-order valence-electron chi connectivity index (χ4n) is 4.45. The summed E-state index contributed by atoms with van der Waals surface area (Å²) in [5.41, 5.74) is 5.62. The molecule has 5 rings (SSSR count). The number of aromatic nitrogens is 3. The van der Waals surface area contributed by atoms with Crippen LogP contribution in [0.2, 0.25) is 0 Å². The summed E-state index contributed by atoms with van der Waals surface area (Å²) in [4.78, 5) is 17.6. The van der Waals surface area contributed by atoms with Crippen LogP contribution in [0, 0.1) is 6.92 Å². The molecule has 2 aromatic heterocycles. The van der Waals surface area contributed by atoms with Gasteiger partial charge in [-0.3, -0.25) is 0 Å². The zero-order valence-electron chi connectivity index (χ0n) is 17.0. The second-order valence-corrected chi connectivity index (χ2v) is 7.73. The average Bonchev–Trinajstić information content (AvgIpc) is 3.14. The Bertz CT molecular complexity index is 1170. The number of hydrogen-bond acceptors (Lipinski definition) is 5. The molecule has 6 heteroatoms. The lowest BCUT2D eigenvalue weighted by Crippen LogP contribution is -2.52. The zero-order valence-corrected chi connectivity index (χ0v) is 17.0. The minimum Gasteiger partial charge on any atom is -0.497 e. The molecule has 0 aliphatic carbocycles. The largest absolute Gasteiger partial charge is 0.497 e. The third-order valence-corrected chi connectivity index (χ3v) is 5.93. The summed E-state index contributed by atoms with van der Waals surface area (Å²) in [6.45, 7) is 7.17. The van der Waals surface area contributed by atoms with Gasteiger partial charge in [0.25, 0.3) is 0 Å². The number of benzene rings is 2. The predicted molar refractivity (Wildman–Crippen MR) is 118 cm³/mol. The third-order valence-electron chi connectivity index (χ3n) is 5.93. The highest BCUT2D eigenvalue weighted by molar-refractivity contribution is 6.09. The SMILES string of the molecule is COc1ccc(N2CCN(c3ncnc4c3[nH]c3cccc(C)c34)CC2C)cc1. The van der Waals surface area contributed by atoms with E-state index in [2.05, 4.69) is 68.9 Å². The molecule has 6 nitrogen and oxygen atoms in total. The molecule has 29 heavy (non-hydrogen) atoms. The van der Waals surface area contributed by atoms with E-state index in [1.807, 2.05) is 12.1 Å². The molecule has 1 unspecified atom stereocenters. The first-order chi connectivity index (χ1) is 14.2. The molecule has 1 saturated heterocycles. The number of ether oxygens (including phenoxy) is 1. The summed E-state index contributed by atoms with van der Waals surface area (Å²) in [5.74, 6) is 1.88. The van der Waals surface area contributed by atoms with Crippen LogP contribution in [0.1, 0.15) is 12.5 Å². The van der Waals surface area contributed by atoms with Gasteiger partial charge in [0.15, 0.2) is 5.82 Å². The number of methoxy groups -OCH3 is 1. The first kappa shape index (κ1) is 17.8. The van der Waals surface area contributed by atoms with Crippen molar-refractivity contribution in [2.75, 3.05) is 36.5 Å². The van der Waals surface area contributed by atoms with E-state index in [0.717, 1.165) is 47.8 Å². The van der Waals surface area contributed by atoms with E-state index < -0.39 is 0 Å². The Morgan fingerprint density at radius 3 is 2.66 bits per heavy atom. The second kappa shape index (κ2) is 6.95. The number of rotatable bonds is 3. The van der Waals surface area contributed by atoms with Gasteiger partial charge in [0.2, 0.25) is 0 Å². The van der Waals surface area contributed by atoms with E-state index in [9.17, 15) is 0 Å². The summed E-state index contributed by atoms with van der Waals surface area (Å²) in [6, 6.07) is 15.0. The summed E-state index contributed by atoms with van der Waals surface area (Å²) in [7, 11) is 1.70. The molecule has 1 aliphatic heterocycles. The molecule has 3 heterocycles. The fraction of sp³-hybridized carbons (Fsp3) is 0.304. The molecule has 2 aromatic carbocycles. The van der Waals surface area contributed by atoms with Crippen molar-refractivity contribution in [1.82, 2.24) is 15.0 Å². The molecular weight excluding hydrogens is 362 g/mol. The van der Waals surface area contributed by atoms with Gasteiger partial charge < -0.3 is 19.5 Å². The quantitative estimate of drug-likeness (QED) is 0.572. The second-order valence-electron chi connectivity index (χ2n) is 7.73. The van der Waals surface area contributed by atoms with Gasteiger partial charge >= 0.3 is 0 Å². The number of aromatic amines is 1. The molecule has 1 aliphatic rings. The molecule has 148 valence electrons. The Morgan fingerprint density at radius 2 is 1.90 bits per heavy atom. The van der Waals surface area contributed by atoms with Gasteiger partial charge in [-0.15, -0.1) is 0 Å². The number of nitrogens with one attached hydrogen (secondary N) is 1. The van der Waals surface area contributed by atoms with Gasteiger partial charge in [0.1, 0.15) is 23.1 Å². The Morgan fingerprint density at radius 1 is 1.07 bits per heavy atom. The van der Waals surface area contributed by atoms with Crippen LogP contribution >= 0.6 is 0 Å². The van der Waals surface area contributed by atoms with Crippen LogP contribution in [-0.2, 0) is 0 Å². The van der Waals surface area contributed by atoms with Crippen LogP contribution < -0.4 is 14.5 Å². The van der Waals surface area contributed by atoms with Crippen molar-refractivity contribution >= 4 is 33.4 Å². The lowest BCUT2D eigenvalue weighted by atomic mass is 10.1. The maximum atomic E-state index is 5.29. The van der Waals surface area contributed by atoms with Crippen molar-refractivity contribution in [2.24, 2.45) is 0 Å². The standard InChI is InChI=1S/C23H25N5O/c1-15-5-4-6-19-20(15)21-22(26-19)23(25-14-24-21)27-11-12-28(16(2)13-27)17-7-9-18(29-3)10-8-17/h4-10,14,16,26H,11-13H2,1-3H3. The first-order valence-corrected chi connectivity index (χ1v) is 10.0. The van der Waals surface area contributed by atoms with E-state index in [4.69, 9.17) is 4.74 Å². The highest BCUT2D eigenvalue weighted by atomic mass is 16.5. The van der Waals surface area contributed by atoms with E-state index in [1.54, 1.807) is 13.4 Å². The van der Waals surface area contributed by atoms with Crippen molar-refractivity contribution in [3.8, 4) is 5.75 Å². The van der Waals surface area contributed by atoms with Gasteiger partial charge in [-0.05, 0) is 49.7 Å². The topological polar surface area (TPSA) is 57.3 Å². The molecule has 4 aromatic rings. The monoisotopic (exact) mass is 387 g/mol. The predicted octanol–water partition coefficient (Wildman–Crippen LogP) is 4.14. The highest BCUT2D eigenvalue weighted by Crippen LogP contribution is 2.32.